The summed E-state index contributed by atoms with van der Waals surface area (Å²) in [6, 6.07) is 27.0. The number of rotatable bonds is 15. The van der Waals surface area contributed by atoms with Crippen molar-refractivity contribution in [2.45, 2.75) is 51.6 Å². The lowest BCUT2D eigenvalue weighted by molar-refractivity contribution is -0.140. The van der Waals surface area contributed by atoms with Crippen LogP contribution in [0, 0.1) is 18.7 Å². The number of benzene rings is 4. The number of sulfonamides is 1. The van der Waals surface area contributed by atoms with E-state index in [1.54, 1.807) is 55.5 Å². The number of amides is 2. The van der Waals surface area contributed by atoms with E-state index in [4.69, 9.17) is 4.74 Å². The van der Waals surface area contributed by atoms with Crippen LogP contribution in [0.5, 0.6) is 5.75 Å². The first-order valence-corrected chi connectivity index (χ1v) is 17.1. The van der Waals surface area contributed by atoms with E-state index in [0.29, 0.717) is 17.9 Å². The van der Waals surface area contributed by atoms with E-state index >= 15 is 0 Å². The minimum Gasteiger partial charge on any atom is -0.492 e. The molecule has 0 bridgehead atoms. The monoisotopic (exact) mass is 659 g/mol. The maximum atomic E-state index is 14.6. The van der Waals surface area contributed by atoms with Crippen LogP contribution < -0.4 is 14.4 Å². The molecule has 1 atom stereocenters. The molecule has 0 spiro atoms. The molecule has 0 radical (unpaired) electrons. The zero-order chi connectivity index (χ0) is 34.0. The second-order valence-electron chi connectivity index (χ2n) is 11.7. The summed E-state index contributed by atoms with van der Waals surface area (Å²) >= 11 is 0. The van der Waals surface area contributed by atoms with Gasteiger partial charge in [-0.15, -0.1) is 0 Å². The van der Waals surface area contributed by atoms with Gasteiger partial charge in [-0.3, -0.25) is 13.9 Å². The van der Waals surface area contributed by atoms with Crippen molar-refractivity contribution >= 4 is 27.5 Å². The number of halogens is 1. The fraction of sp³-hybridized carbons (Fsp3) is 0.297. The van der Waals surface area contributed by atoms with Gasteiger partial charge in [0.25, 0.3) is 10.0 Å². The SMILES string of the molecule is CCOc1ccccc1N(CC(=O)N(Cc1ccc(F)cc1)[C@@H](Cc1ccccc1)C(=O)NCC(C)C)S(=O)(=O)c1ccc(C)cc1. The fourth-order valence-electron chi connectivity index (χ4n) is 5.05. The molecule has 248 valence electrons. The first-order chi connectivity index (χ1) is 22.5. The van der Waals surface area contributed by atoms with Gasteiger partial charge in [0.15, 0.2) is 0 Å². The van der Waals surface area contributed by atoms with Gasteiger partial charge in [-0.05, 0) is 67.3 Å². The highest BCUT2D eigenvalue weighted by Crippen LogP contribution is 2.33. The van der Waals surface area contributed by atoms with E-state index in [1.165, 1.54) is 29.2 Å². The molecule has 4 rings (SSSR count). The molecular formula is C37H42FN3O5S. The maximum absolute atomic E-state index is 14.6. The molecule has 0 aromatic heterocycles. The van der Waals surface area contributed by atoms with Crippen LogP contribution in [0.4, 0.5) is 10.1 Å². The number of anilines is 1. The topological polar surface area (TPSA) is 96.0 Å². The first kappa shape index (κ1) is 35.2. The average molecular weight is 660 g/mol. The summed E-state index contributed by atoms with van der Waals surface area (Å²) in [7, 11) is -4.29. The molecule has 0 unspecified atom stereocenters. The highest BCUT2D eigenvalue weighted by atomic mass is 32.2. The number of carbonyl (C=O) groups excluding carboxylic acids is 2. The predicted molar refractivity (Wildman–Crippen MR) is 182 cm³/mol. The Kier molecular flexibility index (Phi) is 12.1. The molecule has 0 fully saturated rings. The molecule has 0 aliphatic rings. The number of aryl methyl sites for hydroxylation is 1. The lowest BCUT2D eigenvalue weighted by atomic mass is 10.0. The predicted octanol–water partition coefficient (Wildman–Crippen LogP) is 6.14. The normalized spacial score (nSPS) is 12.0. The Morgan fingerprint density at radius 2 is 1.49 bits per heavy atom. The van der Waals surface area contributed by atoms with Crippen molar-refractivity contribution in [1.82, 2.24) is 10.2 Å². The van der Waals surface area contributed by atoms with Crippen LogP contribution in [0.15, 0.2) is 108 Å². The van der Waals surface area contributed by atoms with E-state index in [-0.39, 0.29) is 42.0 Å². The van der Waals surface area contributed by atoms with Crippen molar-refractivity contribution < 1.29 is 27.1 Å². The number of carbonyl (C=O) groups is 2. The molecule has 0 aliphatic carbocycles. The third-order valence-corrected chi connectivity index (χ3v) is 9.32. The highest BCUT2D eigenvalue weighted by molar-refractivity contribution is 7.92. The summed E-state index contributed by atoms with van der Waals surface area (Å²) in [5, 5.41) is 2.96. The minimum absolute atomic E-state index is 0.00259. The molecular weight excluding hydrogens is 617 g/mol. The molecule has 10 heteroatoms. The third-order valence-electron chi connectivity index (χ3n) is 7.54. The van der Waals surface area contributed by atoms with Gasteiger partial charge in [0.1, 0.15) is 24.2 Å². The number of nitrogens with zero attached hydrogens (tertiary/aromatic N) is 2. The molecule has 4 aromatic carbocycles. The van der Waals surface area contributed by atoms with Crippen LogP contribution in [-0.4, -0.2) is 50.9 Å². The number of hydrogen-bond acceptors (Lipinski definition) is 5. The van der Waals surface area contributed by atoms with Crippen LogP contribution in [0.2, 0.25) is 0 Å². The van der Waals surface area contributed by atoms with Gasteiger partial charge in [0.05, 0.1) is 17.2 Å². The van der Waals surface area contributed by atoms with Crippen LogP contribution >= 0.6 is 0 Å². The van der Waals surface area contributed by atoms with E-state index in [9.17, 15) is 22.4 Å². The Morgan fingerprint density at radius 3 is 2.13 bits per heavy atom. The highest BCUT2D eigenvalue weighted by Gasteiger charge is 2.35. The van der Waals surface area contributed by atoms with Crippen molar-refractivity contribution in [2.24, 2.45) is 5.92 Å². The zero-order valence-corrected chi connectivity index (χ0v) is 28.0. The van der Waals surface area contributed by atoms with E-state index in [1.807, 2.05) is 51.1 Å². The number of ether oxygens (including phenoxy) is 1. The smallest absolute Gasteiger partial charge is 0.264 e. The van der Waals surface area contributed by atoms with Crippen molar-refractivity contribution in [1.29, 1.82) is 0 Å². The largest absolute Gasteiger partial charge is 0.492 e. The van der Waals surface area contributed by atoms with Crippen LogP contribution in [0.1, 0.15) is 37.5 Å². The lowest BCUT2D eigenvalue weighted by Crippen LogP contribution is -2.53. The second-order valence-corrected chi connectivity index (χ2v) is 13.6. The van der Waals surface area contributed by atoms with E-state index in [0.717, 1.165) is 15.4 Å². The van der Waals surface area contributed by atoms with Crippen molar-refractivity contribution in [3.8, 4) is 5.75 Å². The maximum Gasteiger partial charge on any atom is 0.264 e. The quantitative estimate of drug-likeness (QED) is 0.166. The summed E-state index contributed by atoms with van der Waals surface area (Å²) in [6.45, 7) is 7.56. The van der Waals surface area contributed by atoms with Crippen LogP contribution in [-0.2, 0) is 32.6 Å². The summed E-state index contributed by atoms with van der Waals surface area (Å²) in [5.74, 6) is -0.982. The van der Waals surface area contributed by atoms with E-state index < -0.39 is 34.3 Å². The Balaban J connectivity index is 1.83. The molecule has 0 saturated carbocycles. The minimum atomic E-state index is -4.29. The third kappa shape index (κ3) is 9.42. The number of nitrogens with one attached hydrogen (secondary N) is 1. The molecule has 2 amide bonds. The average Bonchev–Trinajstić information content (AvgIpc) is 3.06. The Bertz CT molecular complexity index is 1730. The molecule has 0 aliphatic heterocycles. The summed E-state index contributed by atoms with van der Waals surface area (Å²) in [5.41, 5.74) is 2.47. The first-order valence-electron chi connectivity index (χ1n) is 15.7. The van der Waals surface area contributed by atoms with Crippen LogP contribution in [0.25, 0.3) is 0 Å². The molecule has 4 aromatic rings. The lowest BCUT2D eigenvalue weighted by Gasteiger charge is -2.34. The molecule has 47 heavy (non-hydrogen) atoms. The Hall–Kier alpha value is -4.70. The second kappa shape index (κ2) is 16.2. The molecule has 0 saturated heterocycles. The molecule has 8 nitrogen and oxygen atoms in total. The summed E-state index contributed by atoms with van der Waals surface area (Å²) in [4.78, 5) is 29.9. The van der Waals surface area contributed by atoms with Crippen molar-refractivity contribution in [3.05, 3.63) is 126 Å². The zero-order valence-electron chi connectivity index (χ0n) is 27.2. The van der Waals surface area contributed by atoms with E-state index in [2.05, 4.69) is 5.32 Å². The number of para-hydroxylation sites is 2. The standard InChI is InChI=1S/C37H42FN3O5S/c1-5-46-35-14-10-9-13-33(35)41(47(44,45)32-21-15-28(4)16-22-32)26-36(42)40(25-30-17-19-31(38)20-18-30)34(37(43)39-24-27(2)3)23-29-11-7-6-8-12-29/h6-22,27,34H,5,23-26H2,1-4H3,(H,39,43)/t34-/m0/s1. The van der Waals surface area contributed by atoms with Gasteiger partial charge in [0, 0.05) is 19.5 Å². The number of hydrogen-bond donors (Lipinski definition) is 1. The van der Waals surface area contributed by atoms with Gasteiger partial charge in [-0.1, -0.05) is 86.1 Å². The van der Waals surface area contributed by atoms with Gasteiger partial charge in [-0.25, -0.2) is 12.8 Å². The summed E-state index contributed by atoms with van der Waals surface area (Å²) in [6.07, 6.45) is 0.179. The molecule has 1 N–H and O–H groups in total. The van der Waals surface area contributed by atoms with Gasteiger partial charge in [-0.2, -0.15) is 0 Å². The van der Waals surface area contributed by atoms with Gasteiger partial charge < -0.3 is 15.0 Å². The summed E-state index contributed by atoms with van der Waals surface area (Å²) < 4.78 is 49.3. The van der Waals surface area contributed by atoms with Crippen molar-refractivity contribution in [2.75, 3.05) is 24.0 Å². The van der Waals surface area contributed by atoms with Gasteiger partial charge in [0.2, 0.25) is 11.8 Å². The molecule has 0 heterocycles. The van der Waals surface area contributed by atoms with Crippen LogP contribution in [0.3, 0.4) is 0 Å². The Morgan fingerprint density at radius 1 is 0.851 bits per heavy atom. The van der Waals surface area contributed by atoms with Crippen molar-refractivity contribution in [3.63, 3.8) is 0 Å². The fourth-order valence-corrected chi connectivity index (χ4v) is 6.48. The Labute approximate surface area is 277 Å². The van der Waals surface area contributed by atoms with Gasteiger partial charge >= 0.3 is 0 Å².